The lowest BCUT2D eigenvalue weighted by atomic mass is 9.86. The highest BCUT2D eigenvalue weighted by atomic mass is 17.3. The Morgan fingerprint density at radius 2 is 1.19 bits per heavy atom. The molecule has 0 aromatic rings. The minimum absolute atomic E-state index is 0.272. The molecule has 0 saturated heterocycles. The van der Waals surface area contributed by atoms with E-state index in [0.717, 1.165) is 77.0 Å². The van der Waals surface area contributed by atoms with Gasteiger partial charge in [0.1, 0.15) is 11.2 Å². The van der Waals surface area contributed by atoms with Gasteiger partial charge in [-0.3, -0.25) is 0 Å². The van der Waals surface area contributed by atoms with Crippen molar-refractivity contribution in [2.45, 2.75) is 143 Å². The van der Waals surface area contributed by atoms with Crippen LogP contribution < -0.4 is 0 Å². The molecule has 27 heavy (non-hydrogen) atoms. The van der Waals surface area contributed by atoms with Gasteiger partial charge in [0.15, 0.2) is 0 Å². The Labute approximate surface area is 168 Å². The summed E-state index contributed by atoms with van der Waals surface area (Å²) in [5, 5.41) is 0. The molecule has 2 unspecified atom stereocenters. The van der Waals surface area contributed by atoms with E-state index in [2.05, 4.69) is 48.5 Å². The third-order valence-electron chi connectivity index (χ3n) is 6.44. The molecule has 0 aliphatic heterocycles. The van der Waals surface area contributed by atoms with E-state index in [9.17, 15) is 0 Å². The first kappa shape index (κ1) is 24.9. The van der Waals surface area contributed by atoms with Crippen LogP contribution in [-0.4, -0.2) is 17.0 Å². The van der Waals surface area contributed by atoms with Crippen LogP contribution in [0.2, 0.25) is 0 Å². The summed E-state index contributed by atoms with van der Waals surface area (Å²) < 4.78 is 0. The van der Waals surface area contributed by atoms with Crippen molar-refractivity contribution < 1.29 is 19.6 Å². The minimum Gasteiger partial charge on any atom is -0.227 e. The van der Waals surface area contributed by atoms with Gasteiger partial charge in [-0.25, -0.2) is 9.78 Å². The highest BCUT2D eigenvalue weighted by Crippen LogP contribution is 2.39. The van der Waals surface area contributed by atoms with Gasteiger partial charge in [0.25, 0.3) is 0 Å². The molecule has 1 aliphatic rings. The van der Waals surface area contributed by atoms with Crippen molar-refractivity contribution in [1.82, 2.24) is 0 Å². The molecular formula is C23H46O4. The summed E-state index contributed by atoms with van der Waals surface area (Å²) in [4.78, 5) is 24.2. The van der Waals surface area contributed by atoms with Crippen molar-refractivity contribution in [1.29, 1.82) is 0 Å². The van der Waals surface area contributed by atoms with E-state index in [-0.39, 0.29) is 11.2 Å². The number of unbranched alkanes of at least 4 members (excludes halogenated alkanes) is 2. The topological polar surface area (TPSA) is 36.9 Å². The molecule has 0 amide bonds. The summed E-state index contributed by atoms with van der Waals surface area (Å²) in [6.07, 6.45) is 12.2. The lowest BCUT2D eigenvalue weighted by Crippen LogP contribution is -2.45. The average Bonchev–Trinajstić information content (AvgIpc) is 2.69. The molecule has 0 N–H and O–H groups in total. The van der Waals surface area contributed by atoms with Gasteiger partial charge in [0.05, 0.1) is 0 Å². The fourth-order valence-corrected chi connectivity index (χ4v) is 3.39. The third-order valence-corrected chi connectivity index (χ3v) is 6.44. The van der Waals surface area contributed by atoms with E-state index < -0.39 is 5.79 Å². The predicted octanol–water partition coefficient (Wildman–Crippen LogP) is 7.51. The van der Waals surface area contributed by atoms with Crippen LogP contribution in [0.15, 0.2) is 0 Å². The molecule has 0 bridgehead atoms. The van der Waals surface area contributed by atoms with Crippen molar-refractivity contribution in [3.63, 3.8) is 0 Å². The van der Waals surface area contributed by atoms with E-state index in [0.29, 0.717) is 5.92 Å². The molecule has 1 saturated carbocycles. The van der Waals surface area contributed by atoms with Gasteiger partial charge in [0, 0.05) is 12.8 Å². The fourth-order valence-electron chi connectivity index (χ4n) is 3.39. The molecule has 1 aliphatic carbocycles. The van der Waals surface area contributed by atoms with E-state index in [1.807, 2.05) is 0 Å². The number of hydrogen-bond donors (Lipinski definition) is 0. The largest absolute Gasteiger partial charge is 0.234 e. The number of hydrogen-bond acceptors (Lipinski definition) is 4. The molecule has 0 heterocycles. The van der Waals surface area contributed by atoms with Gasteiger partial charge < -0.3 is 0 Å². The number of rotatable bonds is 14. The summed E-state index contributed by atoms with van der Waals surface area (Å²) in [6.45, 7) is 15.3. The van der Waals surface area contributed by atoms with E-state index >= 15 is 0 Å². The van der Waals surface area contributed by atoms with Gasteiger partial charge in [-0.15, -0.1) is 0 Å². The lowest BCUT2D eigenvalue weighted by Gasteiger charge is -2.41. The minimum atomic E-state index is -0.780. The lowest BCUT2D eigenvalue weighted by molar-refractivity contribution is -0.551. The quantitative estimate of drug-likeness (QED) is 0.176. The Kier molecular flexibility index (Phi) is 10.8. The van der Waals surface area contributed by atoms with E-state index in [1.54, 1.807) is 0 Å². The maximum Gasteiger partial charge on any atom is 0.234 e. The van der Waals surface area contributed by atoms with Crippen molar-refractivity contribution in [3.8, 4) is 0 Å². The second kappa shape index (κ2) is 11.7. The average molecular weight is 387 g/mol. The van der Waals surface area contributed by atoms with Gasteiger partial charge in [-0.2, -0.15) is 9.78 Å². The summed E-state index contributed by atoms with van der Waals surface area (Å²) in [7, 11) is 0. The van der Waals surface area contributed by atoms with Crippen molar-refractivity contribution in [3.05, 3.63) is 0 Å². The van der Waals surface area contributed by atoms with Gasteiger partial charge in [0.2, 0.25) is 5.79 Å². The maximum absolute atomic E-state index is 6.07. The molecule has 4 heteroatoms. The normalized spacial score (nSPS) is 27.9. The van der Waals surface area contributed by atoms with Crippen LogP contribution in [0.4, 0.5) is 0 Å². The Hall–Kier alpha value is -0.160. The zero-order valence-electron chi connectivity index (χ0n) is 19.2. The monoisotopic (exact) mass is 386 g/mol. The van der Waals surface area contributed by atoms with Gasteiger partial charge in [-0.1, -0.05) is 60.3 Å². The smallest absolute Gasteiger partial charge is 0.227 e. The first-order valence-electron chi connectivity index (χ1n) is 11.5. The second-order valence-electron chi connectivity index (χ2n) is 9.24. The highest BCUT2D eigenvalue weighted by Gasteiger charge is 2.43. The molecule has 0 radical (unpaired) electrons. The zero-order valence-corrected chi connectivity index (χ0v) is 19.2. The van der Waals surface area contributed by atoms with Crippen molar-refractivity contribution in [2.75, 3.05) is 0 Å². The first-order chi connectivity index (χ1) is 12.8. The molecule has 4 nitrogen and oxygen atoms in total. The van der Waals surface area contributed by atoms with Crippen LogP contribution in [0, 0.1) is 5.92 Å². The Bertz CT molecular complexity index is 364. The molecule has 2 atom stereocenters. The van der Waals surface area contributed by atoms with Crippen LogP contribution in [-0.2, 0) is 19.6 Å². The van der Waals surface area contributed by atoms with Crippen LogP contribution in [0.5, 0.6) is 0 Å². The molecule has 0 spiro atoms. The van der Waals surface area contributed by atoms with E-state index in [1.165, 1.54) is 0 Å². The summed E-state index contributed by atoms with van der Waals surface area (Å²) in [6, 6.07) is 0. The van der Waals surface area contributed by atoms with Crippen molar-refractivity contribution in [2.24, 2.45) is 5.92 Å². The van der Waals surface area contributed by atoms with Gasteiger partial charge >= 0.3 is 0 Å². The SMILES string of the molecule is CCCCC(C)(CC)OOC1(OOC(C)(CC)CCCC)CCC(C)CC1. The summed E-state index contributed by atoms with van der Waals surface area (Å²) >= 11 is 0. The Morgan fingerprint density at radius 3 is 1.52 bits per heavy atom. The van der Waals surface area contributed by atoms with Crippen LogP contribution in [0.1, 0.15) is 126 Å². The zero-order chi connectivity index (χ0) is 20.4. The predicted molar refractivity (Wildman–Crippen MR) is 111 cm³/mol. The van der Waals surface area contributed by atoms with Gasteiger partial charge in [-0.05, 0) is 58.3 Å². The van der Waals surface area contributed by atoms with Crippen LogP contribution in [0.25, 0.3) is 0 Å². The summed E-state index contributed by atoms with van der Waals surface area (Å²) in [5.41, 5.74) is -0.544. The Morgan fingerprint density at radius 1 is 0.778 bits per heavy atom. The molecule has 0 aromatic heterocycles. The van der Waals surface area contributed by atoms with E-state index in [4.69, 9.17) is 19.6 Å². The second-order valence-corrected chi connectivity index (χ2v) is 9.24. The van der Waals surface area contributed by atoms with Crippen LogP contribution >= 0.6 is 0 Å². The Balaban J connectivity index is 2.77. The maximum atomic E-state index is 6.07. The molecule has 162 valence electrons. The fraction of sp³-hybridized carbons (Fsp3) is 1.00. The molecule has 1 rings (SSSR count). The standard InChI is InChI=1S/C23H46O4/c1-8-12-16-21(6,10-3)24-26-23(18-14-20(5)15-19-23)27-25-22(7,11-4)17-13-9-2/h20H,8-19H2,1-7H3. The molecular weight excluding hydrogens is 340 g/mol. The summed E-state index contributed by atoms with van der Waals surface area (Å²) in [5.74, 6) is -0.0849. The highest BCUT2D eigenvalue weighted by molar-refractivity contribution is 4.79. The third kappa shape index (κ3) is 8.39. The van der Waals surface area contributed by atoms with Crippen molar-refractivity contribution >= 4 is 0 Å². The molecule has 1 fully saturated rings. The molecule has 0 aromatic carbocycles. The first-order valence-corrected chi connectivity index (χ1v) is 11.5. The van der Waals surface area contributed by atoms with Crippen LogP contribution in [0.3, 0.4) is 0 Å².